The Morgan fingerprint density at radius 3 is 2.25 bits per heavy atom. The number of ether oxygens (including phenoxy) is 2. The van der Waals surface area contributed by atoms with E-state index in [4.69, 9.17) is 15.2 Å². The Morgan fingerprint density at radius 2 is 1.65 bits per heavy atom. The van der Waals surface area contributed by atoms with Gasteiger partial charge in [-0.1, -0.05) is 0 Å². The molecule has 1 aromatic heterocycles. The van der Waals surface area contributed by atoms with Gasteiger partial charge in [0.05, 0.1) is 26.5 Å². The predicted octanol–water partition coefficient (Wildman–Crippen LogP) is 2.24. The smallest absolute Gasteiger partial charge is 0.161 e. The van der Waals surface area contributed by atoms with Crippen molar-refractivity contribution in [3.8, 4) is 22.8 Å². The van der Waals surface area contributed by atoms with Crippen molar-refractivity contribution in [2.75, 3.05) is 14.2 Å². The zero-order valence-electron chi connectivity index (χ0n) is 12.2. The monoisotopic (exact) mass is 273 g/mol. The van der Waals surface area contributed by atoms with Crippen LogP contribution in [0.3, 0.4) is 0 Å². The normalized spacial score (nSPS) is 10.4. The Morgan fingerprint density at radius 1 is 1.00 bits per heavy atom. The first-order chi connectivity index (χ1) is 9.58. The van der Waals surface area contributed by atoms with Crippen LogP contribution >= 0.6 is 0 Å². The van der Waals surface area contributed by atoms with Crippen LogP contribution in [0.25, 0.3) is 11.3 Å². The summed E-state index contributed by atoms with van der Waals surface area (Å²) in [7, 11) is 3.24. The van der Waals surface area contributed by atoms with Gasteiger partial charge in [0.15, 0.2) is 11.5 Å². The molecule has 2 aromatic rings. The first-order valence-corrected chi connectivity index (χ1v) is 6.36. The molecule has 0 spiro atoms. The van der Waals surface area contributed by atoms with Crippen LogP contribution < -0.4 is 15.2 Å². The molecule has 0 amide bonds. The largest absolute Gasteiger partial charge is 0.493 e. The van der Waals surface area contributed by atoms with E-state index in [2.05, 4.69) is 9.97 Å². The Labute approximate surface area is 118 Å². The second-order valence-electron chi connectivity index (χ2n) is 4.54. The second-order valence-corrected chi connectivity index (χ2v) is 4.54. The molecular weight excluding hydrogens is 254 g/mol. The van der Waals surface area contributed by atoms with Gasteiger partial charge in [0.2, 0.25) is 0 Å². The molecule has 20 heavy (non-hydrogen) atoms. The van der Waals surface area contributed by atoms with E-state index in [0.717, 1.165) is 22.5 Å². The van der Waals surface area contributed by atoms with Crippen LogP contribution in [0.5, 0.6) is 11.5 Å². The van der Waals surface area contributed by atoms with Crippen molar-refractivity contribution in [2.24, 2.45) is 5.73 Å². The molecule has 0 aliphatic rings. The molecule has 2 rings (SSSR count). The van der Waals surface area contributed by atoms with Gasteiger partial charge in [0, 0.05) is 11.3 Å². The van der Waals surface area contributed by atoms with Crippen molar-refractivity contribution < 1.29 is 9.47 Å². The summed E-state index contributed by atoms with van der Waals surface area (Å²) < 4.78 is 10.6. The molecule has 0 aliphatic heterocycles. The highest BCUT2D eigenvalue weighted by Crippen LogP contribution is 2.34. The fraction of sp³-hybridized carbons (Fsp3) is 0.333. The lowest BCUT2D eigenvalue weighted by molar-refractivity contribution is 0.355. The number of nitrogens with two attached hydrogens (primary N) is 1. The minimum Gasteiger partial charge on any atom is -0.493 e. The molecule has 5 heteroatoms. The van der Waals surface area contributed by atoms with Crippen LogP contribution in [0, 0.1) is 13.8 Å². The first kappa shape index (κ1) is 14.3. The number of aryl methyl sites for hydroxylation is 2. The van der Waals surface area contributed by atoms with Gasteiger partial charge in [-0.3, -0.25) is 0 Å². The molecule has 0 fully saturated rings. The average Bonchev–Trinajstić information content (AvgIpc) is 2.46. The molecule has 0 radical (unpaired) electrons. The van der Waals surface area contributed by atoms with E-state index in [1.165, 1.54) is 0 Å². The second kappa shape index (κ2) is 5.88. The average molecular weight is 273 g/mol. The molecule has 1 aromatic carbocycles. The number of hydrogen-bond donors (Lipinski definition) is 1. The molecule has 0 atom stereocenters. The van der Waals surface area contributed by atoms with E-state index in [1.54, 1.807) is 14.2 Å². The third-order valence-corrected chi connectivity index (χ3v) is 3.09. The maximum absolute atomic E-state index is 5.64. The molecule has 0 aliphatic carbocycles. The molecule has 5 nitrogen and oxygen atoms in total. The van der Waals surface area contributed by atoms with Gasteiger partial charge in [0.25, 0.3) is 0 Å². The number of nitrogens with zero attached hydrogens (tertiary/aromatic N) is 2. The summed E-state index contributed by atoms with van der Waals surface area (Å²) in [6, 6.07) is 5.80. The zero-order valence-corrected chi connectivity index (χ0v) is 12.2. The Bertz CT molecular complexity index is 627. The maximum atomic E-state index is 5.64. The minimum absolute atomic E-state index is 0.320. The summed E-state index contributed by atoms with van der Waals surface area (Å²) in [5, 5.41) is 0. The van der Waals surface area contributed by atoms with Crippen molar-refractivity contribution in [3.05, 3.63) is 35.3 Å². The van der Waals surface area contributed by atoms with Crippen LogP contribution in [-0.4, -0.2) is 24.2 Å². The molecular formula is C15H19N3O2. The summed E-state index contributed by atoms with van der Waals surface area (Å²) >= 11 is 0. The number of aromatic nitrogens is 2. The highest BCUT2D eigenvalue weighted by atomic mass is 16.5. The maximum Gasteiger partial charge on any atom is 0.161 e. The van der Waals surface area contributed by atoms with Crippen LogP contribution in [-0.2, 0) is 6.54 Å². The Balaban J connectivity index is 2.60. The number of benzene rings is 1. The highest BCUT2D eigenvalue weighted by Gasteiger charge is 2.12. The Kier molecular flexibility index (Phi) is 4.20. The fourth-order valence-electron chi connectivity index (χ4n) is 2.12. The lowest BCUT2D eigenvalue weighted by Crippen LogP contribution is -2.05. The Hall–Kier alpha value is -2.14. The predicted molar refractivity (Wildman–Crippen MR) is 77.9 cm³/mol. The lowest BCUT2D eigenvalue weighted by atomic mass is 10.0. The van der Waals surface area contributed by atoms with E-state index in [-0.39, 0.29) is 0 Å². The fourth-order valence-corrected chi connectivity index (χ4v) is 2.12. The highest BCUT2D eigenvalue weighted by molar-refractivity contribution is 5.68. The zero-order chi connectivity index (χ0) is 14.7. The molecule has 0 bridgehead atoms. The van der Waals surface area contributed by atoms with Crippen LogP contribution in [0.1, 0.15) is 17.1 Å². The third-order valence-electron chi connectivity index (χ3n) is 3.09. The molecule has 0 unspecified atom stereocenters. The van der Waals surface area contributed by atoms with Gasteiger partial charge < -0.3 is 15.2 Å². The number of hydrogen-bond acceptors (Lipinski definition) is 5. The topological polar surface area (TPSA) is 70.3 Å². The minimum atomic E-state index is 0.320. The summed E-state index contributed by atoms with van der Waals surface area (Å²) in [6.45, 7) is 4.26. The van der Waals surface area contributed by atoms with Crippen molar-refractivity contribution >= 4 is 0 Å². The van der Waals surface area contributed by atoms with Crippen molar-refractivity contribution in [1.29, 1.82) is 0 Å². The molecule has 0 saturated carbocycles. The van der Waals surface area contributed by atoms with Gasteiger partial charge >= 0.3 is 0 Å². The molecule has 2 N–H and O–H groups in total. The van der Waals surface area contributed by atoms with Crippen molar-refractivity contribution in [1.82, 2.24) is 9.97 Å². The molecule has 0 saturated heterocycles. The SMILES string of the molecule is COc1cc(C)c(-c2cc(C)nc(CN)n2)cc1OC. The number of rotatable bonds is 4. The summed E-state index contributed by atoms with van der Waals surface area (Å²) in [5.74, 6) is 2.02. The van der Waals surface area contributed by atoms with E-state index >= 15 is 0 Å². The van der Waals surface area contributed by atoms with E-state index in [1.807, 2.05) is 32.0 Å². The summed E-state index contributed by atoms with van der Waals surface area (Å²) in [5.41, 5.74) is 9.42. The van der Waals surface area contributed by atoms with Gasteiger partial charge in [-0.15, -0.1) is 0 Å². The molecule has 106 valence electrons. The first-order valence-electron chi connectivity index (χ1n) is 6.36. The van der Waals surface area contributed by atoms with Crippen LogP contribution in [0.15, 0.2) is 18.2 Å². The van der Waals surface area contributed by atoms with E-state index in [9.17, 15) is 0 Å². The van der Waals surface area contributed by atoms with Gasteiger partial charge in [-0.25, -0.2) is 9.97 Å². The van der Waals surface area contributed by atoms with E-state index < -0.39 is 0 Å². The molecule has 1 heterocycles. The third kappa shape index (κ3) is 2.72. The number of methoxy groups -OCH3 is 2. The van der Waals surface area contributed by atoms with Gasteiger partial charge in [-0.2, -0.15) is 0 Å². The van der Waals surface area contributed by atoms with Crippen molar-refractivity contribution in [3.63, 3.8) is 0 Å². The van der Waals surface area contributed by atoms with Crippen molar-refractivity contribution in [2.45, 2.75) is 20.4 Å². The van der Waals surface area contributed by atoms with Gasteiger partial charge in [-0.05, 0) is 37.6 Å². The van der Waals surface area contributed by atoms with Gasteiger partial charge in [0.1, 0.15) is 5.82 Å². The van der Waals surface area contributed by atoms with Crippen LogP contribution in [0.2, 0.25) is 0 Å². The lowest BCUT2D eigenvalue weighted by Gasteiger charge is -2.13. The van der Waals surface area contributed by atoms with Crippen LogP contribution in [0.4, 0.5) is 0 Å². The standard InChI is InChI=1S/C15H19N3O2/c1-9-5-13(19-3)14(20-4)7-11(9)12-6-10(2)17-15(8-16)18-12/h5-7H,8,16H2,1-4H3. The van der Waals surface area contributed by atoms with E-state index in [0.29, 0.717) is 23.9 Å². The quantitative estimate of drug-likeness (QED) is 0.925. The summed E-state index contributed by atoms with van der Waals surface area (Å²) in [6.07, 6.45) is 0. The summed E-state index contributed by atoms with van der Waals surface area (Å²) in [4.78, 5) is 8.77.